The first-order chi connectivity index (χ1) is 12.8. The number of ether oxygens (including phenoxy) is 1. The minimum Gasteiger partial charge on any atom is -0.368 e. The highest BCUT2D eigenvalue weighted by Gasteiger charge is 2.40. The van der Waals surface area contributed by atoms with Crippen molar-refractivity contribution in [2.75, 3.05) is 13.1 Å². The van der Waals surface area contributed by atoms with Gasteiger partial charge in [0.05, 0.1) is 24.4 Å². The van der Waals surface area contributed by atoms with Crippen LogP contribution in [0.4, 0.5) is 4.39 Å². The van der Waals surface area contributed by atoms with Gasteiger partial charge in [0.15, 0.2) is 0 Å². The fourth-order valence-electron chi connectivity index (χ4n) is 3.87. The second-order valence-electron chi connectivity index (χ2n) is 6.78. The molecule has 2 aromatic heterocycles. The van der Waals surface area contributed by atoms with Crippen LogP contribution in [0.3, 0.4) is 0 Å². The Morgan fingerprint density at radius 3 is 2.81 bits per heavy atom. The van der Waals surface area contributed by atoms with Crippen molar-refractivity contribution in [2.45, 2.75) is 25.3 Å². The van der Waals surface area contributed by atoms with Gasteiger partial charge in [-0.15, -0.1) is 5.10 Å². The van der Waals surface area contributed by atoms with Crippen molar-refractivity contribution in [1.82, 2.24) is 24.9 Å². The summed E-state index contributed by atoms with van der Waals surface area (Å²) in [6.45, 7) is 2.94. The van der Waals surface area contributed by atoms with Crippen molar-refractivity contribution >= 4 is 0 Å². The van der Waals surface area contributed by atoms with Crippen LogP contribution < -0.4 is 0 Å². The van der Waals surface area contributed by atoms with Gasteiger partial charge >= 0.3 is 0 Å². The number of rotatable bonds is 3. The molecule has 0 bridgehead atoms. The summed E-state index contributed by atoms with van der Waals surface area (Å²) in [5.41, 5.74) is 3.13. The zero-order valence-electron chi connectivity index (χ0n) is 14.1. The van der Waals surface area contributed by atoms with E-state index < -0.39 is 0 Å². The number of hydrogen-bond donors (Lipinski definition) is 0. The van der Waals surface area contributed by atoms with Crippen LogP contribution in [0.5, 0.6) is 0 Å². The third-order valence-corrected chi connectivity index (χ3v) is 5.14. The van der Waals surface area contributed by atoms with Gasteiger partial charge in [0, 0.05) is 37.6 Å². The van der Waals surface area contributed by atoms with Crippen molar-refractivity contribution in [3.63, 3.8) is 0 Å². The van der Waals surface area contributed by atoms with Crippen molar-refractivity contribution < 1.29 is 9.13 Å². The summed E-state index contributed by atoms with van der Waals surface area (Å²) in [5, 5.41) is 8.61. The van der Waals surface area contributed by atoms with Crippen molar-refractivity contribution in [3.05, 3.63) is 65.9 Å². The lowest BCUT2D eigenvalue weighted by Gasteiger charge is -2.26. The van der Waals surface area contributed by atoms with Gasteiger partial charge < -0.3 is 4.74 Å². The van der Waals surface area contributed by atoms with Crippen molar-refractivity contribution in [1.29, 1.82) is 0 Å². The first-order valence-electron chi connectivity index (χ1n) is 8.71. The molecule has 0 unspecified atom stereocenters. The SMILES string of the molecule is Fc1ccccc1-c1nnn2c1CO[C@@H]1CN(Cc3ccncc3)C[C@@H]12. The molecule has 2 atom stereocenters. The van der Waals surface area contributed by atoms with Crippen LogP contribution in [0.15, 0.2) is 48.8 Å². The molecule has 2 aliphatic rings. The summed E-state index contributed by atoms with van der Waals surface area (Å²) >= 11 is 0. The molecule has 0 N–H and O–H groups in total. The number of hydrogen-bond acceptors (Lipinski definition) is 5. The van der Waals surface area contributed by atoms with E-state index in [1.807, 2.05) is 35.3 Å². The Morgan fingerprint density at radius 1 is 1.12 bits per heavy atom. The number of pyridine rings is 1. The van der Waals surface area contributed by atoms with Crippen LogP contribution in [0.1, 0.15) is 17.3 Å². The van der Waals surface area contributed by atoms with Gasteiger partial charge in [-0.3, -0.25) is 9.88 Å². The highest BCUT2D eigenvalue weighted by molar-refractivity contribution is 5.62. The largest absolute Gasteiger partial charge is 0.368 e. The molecule has 0 saturated carbocycles. The molecule has 0 spiro atoms. The Labute approximate surface area is 150 Å². The molecule has 0 radical (unpaired) electrons. The Hall–Kier alpha value is -2.64. The van der Waals surface area contributed by atoms with Crippen LogP contribution in [-0.2, 0) is 17.9 Å². The quantitative estimate of drug-likeness (QED) is 0.725. The molecule has 1 fully saturated rings. The highest BCUT2D eigenvalue weighted by Crippen LogP contribution is 2.35. The number of nitrogens with zero attached hydrogens (tertiary/aromatic N) is 5. The molecule has 5 rings (SSSR count). The Kier molecular flexibility index (Phi) is 3.76. The van der Waals surface area contributed by atoms with Crippen LogP contribution in [0.25, 0.3) is 11.3 Å². The number of fused-ring (bicyclic) bond motifs is 3. The lowest BCUT2D eigenvalue weighted by Crippen LogP contribution is -2.32. The third kappa shape index (κ3) is 2.60. The Bertz CT molecular complexity index is 929. The van der Waals surface area contributed by atoms with Crippen molar-refractivity contribution in [3.8, 4) is 11.3 Å². The smallest absolute Gasteiger partial charge is 0.132 e. The number of aromatic nitrogens is 4. The lowest BCUT2D eigenvalue weighted by molar-refractivity contribution is -0.00494. The van der Waals surface area contributed by atoms with Crippen molar-refractivity contribution in [2.24, 2.45) is 0 Å². The minimum absolute atomic E-state index is 0.0829. The minimum atomic E-state index is -0.288. The van der Waals surface area contributed by atoms with Gasteiger partial charge in [-0.1, -0.05) is 17.3 Å². The molecular formula is C19H18FN5O. The molecule has 0 amide bonds. The van der Waals surface area contributed by atoms with E-state index in [9.17, 15) is 4.39 Å². The van der Waals surface area contributed by atoms with Gasteiger partial charge in [0.25, 0.3) is 0 Å². The van der Waals surface area contributed by atoms with Gasteiger partial charge in [0.1, 0.15) is 11.5 Å². The van der Waals surface area contributed by atoms with Crippen LogP contribution in [0, 0.1) is 5.82 Å². The zero-order valence-corrected chi connectivity index (χ0v) is 14.1. The molecule has 0 aliphatic carbocycles. The molecule has 26 heavy (non-hydrogen) atoms. The first kappa shape index (κ1) is 15.6. The molecule has 3 aromatic rings. The number of halogens is 1. The lowest BCUT2D eigenvalue weighted by atomic mass is 10.1. The second kappa shape index (κ2) is 6.26. The summed E-state index contributed by atoms with van der Waals surface area (Å²) in [6.07, 6.45) is 3.70. The van der Waals surface area contributed by atoms with E-state index in [1.54, 1.807) is 12.1 Å². The normalized spacial score (nSPS) is 22.2. The van der Waals surface area contributed by atoms with Gasteiger partial charge in [-0.05, 0) is 29.8 Å². The number of benzene rings is 1. The molecular weight excluding hydrogens is 333 g/mol. The third-order valence-electron chi connectivity index (χ3n) is 5.14. The van der Waals surface area contributed by atoms with E-state index in [-0.39, 0.29) is 18.0 Å². The molecule has 7 heteroatoms. The summed E-state index contributed by atoms with van der Waals surface area (Å²) in [4.78, 5) is 6.42. The van der Waals surface area contributed by atoms with E-state index in [2.05, 4.69) is 20.2 Å². The molecule has 2 aliphatic heterocycles. The fourth-order valence-corrected chi connectivity index (χ4v) is 3.87. The Morgan fingerprint density at radius 2 is 1.96 bits per heavy atom. The maximum Gasteiger partial charge on any atom is 0.132 e. The second-order valence-corrected chi connectivity index (χ2v) is 6.78. The topological polar surface area (TPSA) is 56.1 Å². The summed E-state index contributed by atoms with van der Waals surface area (Å²) in [5.74, 6) is -0.288. The van der Waals surface area contributed by atoms with E-state index in [0.717, 1.165) is 25.3 Å². The predicted octanol–water partition coefficient (Wildman–Crippen LogP) is 2.43. The predicted molar refractivity (Wildman–Crippen MR) is 92.5 cm³/mol. The average Bonchev–Trinajstić information content (AvgIpc) is 3.26. The fraction of sp³-hybridized carbons (Fsp3) is 0.316. The van der Waals surface area contributed by atoms with Crippen LogP contribution in [0.2, 0.25) is 0 Å². The molecule has 4 heterocycles. The molecule has 1 saturated heterocycles. The Balaban J connectivity index is 1.41. The standard InChI is InChI=1S/C19H18FN5O/c20-15-4-2-1-3-14(15)19-17-12-26-18-11-24(9-13-5-7-21-8-6-13)10-16(18)25(17)23-22-19/h1-8,16,18H,9-12H2/t16-,18+/m0/s1. The van der Waals surface area contributed by atoms with Crippen LogP contribution in [-0.4, -0.2) is 44.1 Å². The van der Waals surface area contributed by atoms with E-state index in [0.29, 0.717) is 17.9 Å². The summed E-state index contributed by atoms with van der Waals surface area (Å²) in [6, 6.07) is 10.8. The summed E-state index contributed by atoms with van der Waals surface area (Å²) < 4.78 is 22.2. The maximum absolute atomic E-state index is 14.2. The zero-order chi connectivity index (χ0) is 17.5. The molecule has 1 aromatic carbocycles. The molecule has 132 valence electrons. The van der Waals surface area contributed by atoms with Gasteiger partial charge in [0.2, 0.25) is 0 Å². The number of likely N-dealkylation sites (tertiary alicyclic amines) is 1. The summed E-state index contributed by atoms with van der Waals surface area (Å²) in [7, 11) is 0. The first-order valence-corrected chi connectivity index (χ1v) is 8.71. The van der Waals surface area contributed by atoms with E-state index in [4.69, 9.17) is 4.74 Å². The van der Waals surface area contributed by atoms with E-state index in [1.165, 1.54) is 11.6 Å². The van der Waals surface area contributed by atoms with Gasteiger partial charge in [-0.25, -0.2) is 9.07 Å². The van der Waals surface area contributed by atoms with Crippen LogP contribution >= 0.6 is 0 Å². The average molecular weight is 351 g/mol. The molecule has 6 nitrogen and oxygen atoms in total. The van der Waals surface area contributed by atoms with Gasteiger partial charge in [-0.2, -0.15) is 0 Å². The monoisotopic (exact) mass is 351 g/mol. The maximum atomic E-state index is 14.2. The highest BCUT2D eigenvalue weighted by atomic mass is 19.1. The van der Waals surface area contributed by atoms with E-state index >= 15 is 0 Å².